The number of carbonyl (C=O) groups is 1. The summed E-state index contributed by atoms with van der Waals surface area (Å²) in [5.41, 5.74) is 7.69. The molecule has 1 fully saturated rings. The lowest BCUT2D eigenvalue weighted by Gasteiger charge is -2.28. The van der Waals surface area contributed by atoms with E-state index in [1.807, 2.05) is 18.3 Å². The van der Waals surface area contributed by atoms with Crippen molar-refractivity contribution in [3.05, 3.63) is 42.2 Å². The topological polar surface area (TPSA) is 69.3 Å². The highest BCUT2D eigenvalue weighted by molar-refractivity contribution is 6.03. The van der Waals surface area contributed by atoms with Crippen LogP contribution < -0.4 is 15.8 Å². The van der Waals surface area contributed by atoms with E-state index in [9.17, 15) is 4.79 Å². The number of hydrogen-bond acceptors (Lipinski definition) is 3. The van der Waals surface area contributed by atoms with E-state index in [1.54, 1.807) is 25.3 Å². The van der Waals surface area contributed by atoms with E-state index in [1.165, 1.54) is 6.42 Å². The van der Waals surface area contributed by atoms with E-state index in [2.05, 4.69) is 9.88 Å². The highest BCUT2D eigenvalue weighted by Gasteiger charge is 2.23. The summed E-state index contributed by atoms with van der Waals surface area (Å²) in [5, 5.41) is 2.89. The van der Waals surface area contributed by atoms with Crippen molar-refractivity contribution < 1.29 is 9.53 Å². The Kier molecular flexibility index (Phi) is 3.56. The minimum absolute atomic E-state index is 0.112. The van der Waals surface area contributed by atoms with Gasteiger partial charge in [-0.1, -0.05) is 0 Å². The lowest BCUT2D eigenvalue weighted by atomic mass is 9.93. The molecule has 0 unspecified atom stereocenters. The third-order valence-electron chi connectivity index (χ3n) is 3.97. The molecule has 1 aromatic carbocycles. The number of rotatable bonds is 4. The van der Waals surface area contributed by atoms with Crippen LogP contribution in [0.3, 0.4) is 0 Å². The van der Waals surface area contributed by atoms with Crippen LogP contribution >= 0.6 is 0 Å². The summed E-state index contributed by atoms with van der Waals surface area (Å²) in [6.07, 6.45) is 5.50. The van der Waals surface area contributed by atoms with Crippen LogP contribution in [0.1, 0.15) is 35.8 Å². The Morgan fingerprint density at radius 3 is 2.86 bits per heavy atom. The van der Waals surface area contributed by atoms with Gasteiger partial charge in [-0.25, -0.2) is 0 Å². The molecule has 1 saturated carbocycles. The smallest absolute Gasteiger partial charge is 0.272 e. The lowest BCUT2D eigenvalue weighted by molar-refractivity contribution is 0.101. The molecule has 0 atom stereocenters. The van der Waals surface area contributed by atoms with Crippen molar-refractivity contribution in [3.8, 4) is 5.75 Å². The number of benzene rings is 1. The molecule has 2 aromatic rings. The van der Waals surface area contributed by atoms with Gasteiger partial charge in [-0.05, 0) is 43.5 Å². The van der Waals surface area contributed by atoms with Gasteiger partial charge in [0.15, 0.2) is 0 Å². The Morgan fingerprint density at radius 2 is 2.19 bits per heavy atom. The van der Waals surface area contributed by atoms with Crippen LogP contribution in [-0.4, -0.2) is 17.6 Å². The van der Waals surface area contributed by atoms with E-state index >= 15 is 0 Å². The van der Waals surface area contributed by atoms with Crippen molar-refractivity contribution in [2.75, 3.05) is 18.2 Å². The molecule has 0 aliphatic heterocycles. The number of anilines is 2. The second-order valence-corrected chi connectivity index (χ2v) is 5.30. The molecule has 3 rings (SSSR count). The summed E-state index contributed by atoms with van der Waals surface area (Å²) in [6.45, 7) is 0. The molecule has 0 radical (unpaired) electrons. The van der Waals surface area contributed by atoms with E-state index < -0.39 is 0 Å². The molecule has 0 bridgehead atoms. The number of ether oxygens (including phenoxy) is 1. The molecule has 1 aliphatic rings. The van der Waals surface area contributed by atoms with Gasteiger partial charge in [-0.2, -0.15) is 0 Å². The van der Waals surface area contributed by atoms with Crippen molar-refractivity contribution in [2.45, 2.75) is 25.3 Å². The third kappa shape index (κ3) is 2.59. The third-order valence-corrected chi connectivity index (χ3v) is 3.97. The Hall–Kier alpha value is -2.43. The van der Waals surface area contributed by atoms with Crippen LogP contribution in [0.5, 0.6) is 5.75 Å². The summed E-state index contributed by atoms with van der Waals surface area (Å²) in [6, 6.07) is 9.44. The van der Waals surface area contributed by atoms with Crippen LogP contribution in [0.2, 0.25) is 0 Å². The fourth-order valence-electron chi connectivity index (χ4n) is 2.55. The van der Waals surface area contributed by atoms with Crippen LogP contribution in [0.4, 0.5) is 11.4 Å². The van der Waals surface area contributed by atoms with Gasteiger partial charge in [-0.3, -0.25) is 4.79 Å². The van der Waals surface area contributed by atoms with Crippen LogP contribution in [0, 0.1) is 0 Å². The van der Waals surface area contributed by atoms with Gasteiger partial charge in [0.1, 0.15) is 11.4 Å². The molecule has 3 N–H and O–H groups in total. The molecule has 1 heterocycles. The Morgan fingerprint density at radius 1 is 1.38 bits per heavy atom. The molecule has 1 amide bonds. The van der Waals surface area contributed by atoms with Crippen LogP contribution in [0.15, 0.2) is 36.5 Å². The number of amides is 1. The second-order valence-electron chi connectivity index (χ2n) is 5.30. The maximum Gasteiger partial charge on any atom is 0.272 e. The molecule has 0 spiro atoms. The number of nitrogens with one attached hydrogen (secondary N) is 1. The predicted octanol–water partition coefficient (Wildman–Crippen LogP) is 3.06. The summed E-state index contributed by atoms with van der Waals surface area (Å²) < 4.78 is 7.23. The van der Waals surface area contributed by atoms with E-state index in [4.69, 9.17) is 10.5 Å². The fourth-order valence-corrected chi connectivity index (χ4v) is 2.55. The van der Waals surface area contributed by atoms with E-state index in [0.717, 1.165) is 12.8 Å². The molecule has 1 aliphatic carbocycles. The number of nitrogens with zero attached hydrogens (tertiary/aromatic N) is 1. The second kappa shape index (κ2) is 5.52. The highest BCUT2D eigenvalue weighted by Crippen LogP contribution is 2.33. The standard InChI is InChI=1S/C16H19N3O2/c1-21-15-10-11(7-8-13(15)17)18-16(20)14-6-3-9-19(14)12-4-2-5-12/h3,6-10,12H,2,4-5,17H2,1H3,(H,18,20). The summed E-state index contributed by atoms with van der Waals surface area (Å²) in [7, 11) is 1.55. The van der Waals surface area contributed by atoms with Gasteiger partial charge in [0.25, 0.3) is 5.91 Å². The summed E-state index contributed by atoms with van der Waals surface area (Å²) in [4.78, 5) is 12.4. The van der Waals surface area contributed by atoms with Crippen molar-refractivity contribution in [2.24, 2.45) is 0 Å². The Bertz CT molecular complexity index is 659. The Balaban J connectivity index is 1.78. The monoisotopic (exact) mass is 285 g/mol. The fraction of sp³-hybridized carbons (Fsp3) is 0.312. The Labute approximate surface area is 123 Å². The molecular formula is C16H19N3O2. The minimum Gasteiger partial charge on any atom is -0.495 e. The summed E-state index contributed by atoms with van der Waals surface area (Å²) >= 11 is 0. The molecule has 5 nitrogen and oxygen atoms in total. The van der Waals surface area contributed by atoms with Crippen LogP contribution in [0.25, 0.3) is 0 Å². The lowest BCUT2D eigenvalue weighted by Crippen LogP contribution is -2.23. The number of nitrogen functional groups attached to an aromatic ring is 1. The van der Waals surface area contributed by atoms with Gasteiger partial charge in [0.05, 0.1) is 12.8 Å². The van der Waals surface area contributed by atoms with Gasteiger partial charge < -0.3 is 20.4 Å². The largest absolute Gasteiger partial charge is 0.495 e. The van der Waals surface area contributed by atoms with Crippen molar-refractivity contribution in [1.82, 2.24) is 4.57 Å². The highest BCUT2D eigenvalue weighted by atomic mass is 16.5. The number of methoxy groups -OCH3 is 1. The normalized spacial score (nSPS) is 14.5. The zero-order valence-electron chi connectivity index (χ0n) is 12.0. The maximum absolute atomic E-state index is 12.4. The zero-order valence-corrected chi connectivity index (χ0v) is 12.0. The predicted molar refractivity (Wildman–Crippen MR) is 82.7 cm³/mol. The molecule has 0 saturated heterocycles. The maximum atomic E-state index is 12.4. The van der Waals surface area contributed by atoms with E-state index in [-0.39, 0.29) is 5.91 Å². The first-order valence-corrected chi connectivity index (χ1v) is 7.11. The first kappa shape index (κ1) is 13.5. The summed E-state index contributed by atoms with van der Waals surface area (Å²) in [5.74, 6) is 0.445. The van der Waals surface area contributed by atoms with E-state index in [0.29, 0.717) is 28.9 Å². The number of hydrogen-bond donors (Lipinski definition) is 2. The van der Waals surface area contributed by atoms with Gasteiger partial charge in [0.2, 0.25) is 0 Å². The average Bonchev–Trinajstić information content (AvgIpc) is 2.88. The van der Waals surface area contributed by atoms with Crippen molar-refractivity contribution in [1.29, 1.82) is 0 Å². The number of carbonyl (C=O) groups excluding carboxylic acids is 1. The van der Waals surface area contributed by atoms with Crippen molar-refractivity contribution >= 4 is 17.3 Å². The number of aromatic nitrogens is 1. The SMILES string of the molecule is COc1cc(NC(=O)c2cccn2C2CCC2)ccc1N. The first-order chi connectivity index (χ1) is 10.2. The van der Waals surface area contributed by atoms with Gasteiger partial charge in [0, 0.05) is 24.0 Å². The first-order valence-electron chi connectivity index (χ1n) is 7.11. The zero-order chi connectivity index (χ0) is 14.8. The molecular weight excluding hydrogens is 266 g/mol. The quantitative estimate of drug-likeness (QED) is 0.848. The van der Waals surface area contributed by atoms with Gasteiger partial charge >= 0.3 is 0 Å². The molecule has 1 aromatic heterocycles. The molecule has 110 valence electrons. The average molecular weight is 285 g/mol. The number of nitrogens with two attached hydrogens (primary N) is 1. The van der Waals surface area contributed by atoms with Crippen LogP contribution in [-0.2, 0) is 0 Å². The van der Waals surface area contributed by atoms with Gasteiger partial charge in [-0.15, -0.1) is 0 Å². The van der Waals surface area contributed by atoms with Crippen molar-refractivity contribution in [3.63, 3.8) is 0 Å². The molecule has 21 heavy (non-hydrogen) atoms. The molecule has 5 heteroatoms. The minimum atomic E-state index is -0.112.